The van der Waals surface area contributed by atoms with Crippen molar-refractivity contribution in [3.63, 3.8) is 0 Å². The quantitative estimate of drug-likeness (QED) is 0.484. The van der Waals surface area contributed by atoms with Crippen molar-refractivity contribution in [2.24, 2.45) is 0 Å². The third-order valence-corrected chi connectivity index (χ3v) is 4.33. The number of aryl methyl sites for hydroxylation is 1. The zero-order chi connectivity index (χ0) is 11.6. The molecular weight excluding hydrogens is 284 g/mol. The third-order valence-electron chi connectivity index (χ3n) is 2.48. The smallest absolute Gasteiger partial charge is 0.0514 e. The summed E-state index contributed by atoms with van der Waals surface area (Å²) in [6, 6.07) is 4.47. The van der Waals surface area contributed by atoms with Crippen molar-refractivity contribution in [1.82, 2.24) is 0 Å². The molecule has 92 valence electrons. The van der Waals surface area contributed by atoms with Gasteiger partial charge in [0.2, 0.25) is 0 Å². The van der Waals surface area contributed by atoms with Crippen LogP contribution in [0.3, 0.4) is 0 Å². The van der Waals surface area contributed by atoms with E-state index in [1.54, 1.807) is 0 Å². The summed E-state index contributed by atoms with van der Waals surface area (Å²) in [5, 5.41) is 1.11. The molecule has 0 aliphatic heterocycles. The first kappa shape index (κ1) is 14.2. The summed E-state index contributed by atoms with van der Waals surface area (Å²) in [6.45, 7) is 3.99. The zero-order valence-electron chi connectivity index (χ0n) is 10.0. The summed E-state index contributed by atoms with van der Waals surface area (Å²) in [5.74, 6) is 0. The molecule has 1 aromatic heterocycles. The Kier molecular flexibility index (Phi) is 8.17. The second kappa shape index (κ2) is 9.20. The summed E-state index contributed by atoms with van der Waals surface area (Å²) in [5.41, 5.74) is 0. The zero-order valence-corrected chi connectivity index (χ0v) is 12.4. The summed E-state index contributed by atoms with van der Waals surface area (Å²) in [4.78, 5) is 2.93. The normalized spacial score (nSPS) is 10.9. The number of halogens is 1. The highest BCUT2D eigenvalue weighted by Gasteiger charge is 1.98. The fraction of sp³-hybridized carbons (Fsp3) is 0.692. The Morgan fingerprint density at radius 2 is 1.94 bits per heavy atom. The van der Waals surface area contributed by atoms with Crippen molar-refractivity contribution in [1.29, 1.82) is 0 Å². The van der Waals surface area contributed by atoms with Gasteiger partial charge in [-0.1, -0.05) is 29.3 Å². The van der Waals surface area contributed by atoms with Crippen LogP contribution in [0.5, 0.6) is 0 Å². The van der Waals surface area contributed by atoms with Crippen molar-refractivity contribution in [2.75, 3.05) is 18.5 Å². The average molecular weight is 305 g/mol. The van der Waals surface area contributed by atoms with Gasteiger partial charge in [0.1, 0.15) is 0 Å². The largest absolute Gasteiger partial charge is 0.381 e. The van der Waals surface area contributed by atoms with Gasteiger partial charge >= 0.3 is 0 Å². The molecule has 0 aliphatic rings. The van der Waals surface area contributed by atoms with Gasteiger partial charge in [0.25, 0.3) is 0 Å². The molecule has 3 heteroatoms. The van der Waals surface area contributed by atoms with Gasteiger partial charge < -0.3 is 4.74 Å². The maximum atomic E-state index is 5.62. The van der Waals surface area contributed by atoms with Crippen molar-refractivity contribution < 1.29 is 4.74 Å². The molecule has 0 bridgehead atoms. The number of alkyl halides is 1. The van der Waals surface area contributed by atoms with Gasteiger partial charge in [-0.15, -0.1) is 11.3 Å². The highest BCUT2D eigenvalue weighted by atomic mass is 79.9. The predicted molar refractivity (Wildman–Crippen MR) is 75.9 cm³/mol. The van der Waals surface area contributed by atoms with Crippen molar-refractivity contribution in [3.05, 3.63) is 21.9 Å². The molecule has 1 nitrogen and oxygen atoms in total. The first-order valence-electron chi connectivity index (χ1n) is 6.08. The molecule has 0 atom stereocenters. The van der Waals surface area contributed by atoms with E-state index in [4.69, 9.17) is 4.74 Å². The lowest BCUT2D eigenvalue weighted by Gasteiger charge is -2.02. The van der Waals surface area contributed by atoms with Crippen LogP contribution in [0.15, 0.2) is 12.1 Å². The molecule has 1 rings (SSSR count). The fourth-order valence-corrected chi connectivity index (χ4v) is 2.83. The Morgan fingerprint density at radius 3 is 2.62 bits per heavy atom. The Balaban J connectivity index is 1.98. The van der Waals surface area contributed by atoms with Crippen LogP contribution in [0.2, 0.25) is 0 Å². The first-order chi connectivity index (χ1) is 7.86. The summed E-state index contributed by atoms with van der Waals surface area (Å²) in [6.07, 6.45) is 5.94. The Hall–Kier alpha value is 0.140. The molecule has 1 heterocycles. The third kappa shape index (κ3) is 6.02. The lowest BCUT2D eigenvalue weighted by molar-refractivity contribution is 0.134. The number of rotatable bonds is 9. The maximum Gasteiger partial charge on any atom is 0.0514 e. The second-order valence-electron chi connectivity index (χ2n) is 3.83. The molecule has 0 unspecified atom stereocenters. The van der Waals surface area contributed by atoms with E-state index < -0.39 is 0 Å². The molecule has 0 fully saturated rings. The Bertz CT molecular complexity index is 273. The number of unbranched alkanes of at least 4 members (excludes halogenated alkanes) is 2. The lowest BCUT2D eigenvalue weighted by Crippen LogP contribution is -1.99. The van der Waals surface area contributed by atoms with Gasteiger partial charge in [0, 0.05) is 28.1 Å². The summed E-state index contributed by atoms with van der Waals surface area (Å²) in [7, 11) is 0. The van der Waals surface area contributed by atoms with Crippen LogP contribution < -0.4 is 0 Å². The van der Waals surface area contributed by atoms with Crippen LogP contribution >= 0.6 is 27.3 Å². The minimum atomic E-state index is 0.873. The van der Waals surface area contributed by atoms with Crippen LogP contribution in [0.1, 0.15) is 35.9 Å². The Morgan fingerprint density at radius 1 is 1.12 bits per heavy atom. The van der Waals surface area contributed by atoms with E-state index in [1.165, 1.54) is 29.0 Å². The van der Waals surface area contributed by atoms with Gasteiger partial charge in [-0.05, 0) is 31.4 Å². The Labute approximate surface area is 111 Å². The highest BCUT2D eigenvalue weighted by molar-refractivity contribution is 9.09. The second-order valence-corrected chi connectivity index (χ2v) is 5.88. The number of hydrogen-bond donors (Lipinski definition) is 0. The van der Waals surface area contributed by atoms with Gasteiger partial charge in [0.15, 0.2) is 0 Å². The van der Waals surface area contributed by atoms with Gasteiger partial charge in [-0.2, -0.15) is 0 Å². The molecule has 16 heavy (non-hydrogen) atoms. The van der Waals surface area contributed by atoms with Crippen molar-refractivity contribution >= 4 is 27.3 Å². The predicted octanol–water partition coefficient (Wildman–Crippen LogP) is 4.43. The van der Waals surface area contributed by atoms with E-state index in [0.717, 1.165) is 31.4 Å². The summed E-state index contributed by atoms with van der Waals surface area (Å²) >= 11 is 5.35. The van der Waals surface area contributed by atoms with Gasteiger partial charge in [0.05, 0.1) is 6.61 Å². The van der Waals surface area contributed by atoms with Gasteiger partial charge in [-0.3, -0.25) is 0 Å². The maximum absolute atomic E-state index is 5.62. The minimum Gasteiger partial charge on any atom is -0.381 e. The fourth-order valence-electron chi connectivity index (χ4n) is 1.50. The standard InChI is InChI=1S/C13H21BrOS/c1-2-12-6-7-13(16-12)8-11-15-10-5-3-4-9-14/h6-7H,2-5,8-11H2,1H3. The van der Waals surface area contributed by atoms with Crippen LogP contribution in [0.4, 0.5) is 0 Å². The molecule has 0 amide bonds. The van der Waals surface area contributed by atoms with Crippen LogP contribution in [-0.4, -0.2) is 18.5 Å². The van der Waals surface area contributed by atoms with E-state index >= 15 is 0 Å². The molecule has 0 saturated carbocycles. The topological polar surface area (TPSA) is 9.23 Å². The minimum absolute atomic E-state index is 0.873. The van der Waals surface area contributed by atoms with E-state index in [2.05, 4.69) is 35.0 Å². The van der Waals surface area contributed by atoms with E-state index in [9.17, 15) is 0 Å². The monoisotopic (exact) mass is 304 g/mol. The van der Waals surface area contributed by atoms with Crippen LogP contribution in [0, 0.1) is 0 Å². The molecule has 0 N–H and O–H groups in total. The van der Waals surface area contributed by atoms with E-state index in [-0.39, 0.29) is 0 Å². The molecular formula is C13H21BrOS. The van der Waals surface area contributed by atoms with Crippen LogP contribution in [-0.2, 0) is 17.6 Å². The summed E-state index contributed by atoms with van der Waals surface area (Å²) < 4.78 is 5.62. The first-order valence-corrected chi connectivity index (χ1v) is 8.02. The van der Waals surface area contributed by atoms with E-state index in [1.807, 2.05) is 11.3 Å². The highest BCUT2D eigenvalue weighted by Crippen LogP contribution is 2.17. The molecule has 0 aromatic carbocycles. The van der Waals surface area contributed by atoms with Gasteiger partial charge in [-0.25, -0.2) is 0 Å². The van der Waals surface area contributed by atoms with Crippen molar-refractivity contribution in [3.8, 4) is 0 Å². The molecule has 1 aromatic rings. The molecule has 0 radical (unpaired) electrons. The SMILES string of the molecule is CCc1ccc(CCOCCCCCBr)s1. The van der Waals surface area contributed by atoms with Crippen molar-refractivity contribution in [2.45, 2.75) is 39.0 Å². The molecule has 0 aliphatic carbocycles. The van der Waals surface area contributed by atoms with Crippen LogP contribution in [0.25, 0.3) is 0 Å². The number of hydrogen-bond acceptors (Lipinski definition) is 2. The van der Waals surface area contributed by atoms with E-state index in [0.29, 0.717) is 0 Å². The average Bonchev–Trinajstić information content (AvgIpc) is 2.76. The number of ether oxygens (including phenoxy) is 1. The molecule has 0 spiro atoms. The molecule has 0 saturated heterocycles. The number of thiophene rings is 1. The lowest BCUT2D eigenvalue weighted by atomic mass is 10.3.